The number of aliphatic hydroxyl groups is 1. The van der Waals surface area contributed by atoms with Crippen molar-refractivity contribution in [3.63, 3.8) is 0 Å². The molecular weight excluding hydrogens is 188 g/mol. The van der Waals surface area contributed by atoms with Crippen LogP contribution in [-0.2, 0) is 5.60 Å². The Morgan fingerprint density at radius 1 is 1.33 bits per heavy atom. The Hall–Kier alpha value is -1.02. The van der Waals surface area contributed by atoms with Gasteiger partial charge in [-0.1, -0.05) is 18.6 Å². The first-order valence-corrected chi connectivity index (χ1v) is 5.63. The summed E-state index contributed by atoms with van der Waals surface area (Å²) < 4.78 is 5.19. The van der Waals surface area contributed by atoms with E-state index in [-0.39, 0.29) is 0 Å². The van der Waals surface area contributed by atoms with Gasteiger partial charge in [0.25, 0.3) is 0 Å². The van der Waals surface area contributed by atoms with Gasteiger partial charge in [0.15, 0.2) is 0 Å². The molecule has 2 aliphatic carbocycles. The average Bonchev–Trinajstić information content (AvgIpc) is 2.71. The summed E-state index contributed by atoms with van der Waals surface area (Å²) in [4.78, 5) is 0. The third kappa shape index (κ3) is 1.14. The molecule has 0 heterocycles. The summed E-state index contributed by atoms with van der Waals surface area (Å²) in [5, 5.41) is 10.5. The Balaban J connectivity index is 1.93. The molecule has 0 saturated heterocycles. The van der Waals surface area contributed by atoms with Crippen molar-refractivity contribution in [3.8, 4) is 5.75 Å². The van der Waals surface area contributed by atoms with Crippen LogP contribution >= 0.6 is 0 Å². The lowest BCUT2D eigenvalue weighted by molar-refractivity contribution is 0.105. The van der Waals surface area contributed by atoms with Crippen LogP contribution in [0.25, 0.3) is 0 Å². The third-order valence-electron chi connectivity index (χ3n) is 4.07. The SMILES string of the molecule is COc1cccc(C2(O)C3CCCC32)c1. The Morgan fingerprint density at radius 2 is 2.07 bits per heavy atom. The molecule has 0 aliphatic heterocycles. The monoisotopic (exact) mass is 204 g/mol. The van der Waals surface area contributed by atoms with E-state index in [9.17, 15) is 5.11 Å². The van der Waals surface area contributed by atoms with Crippen molar-refractivity contribution in [3.05, 3.63) is 29.8 Å². The number of hydrogen-bond acceptors (Lipinski definition) is 2. The summed E-state index contributed by atoms with van der Waals surface area (Å²) in [6.45, 7) is 0. The van der Waals surface area contributed by atoms with Gasteiger partial charge in [0.2, 0.25) is 0 Å². The molecule has 3 rings (SSSR count). The van der Waals surface area contributed by atoms with Crippen LogP contribution in [0.15, 0.2) is 24.3 Å². The summed E-state index contributed by atoms with van der Waals surface area (Å²) in [5.74, 6) is 1.85. The molecule has 1 aromatic carbocycles. The normalized spacial score (nSPS) is 37.5. The molecule has 15 heavy (non-hydrogen) atoms. The zero-order valence-corrected chi connectivity index (χ0v) is 8.94. The van der Waals surface area contributed by atoms with Gasteiger partial charge in [-0.05, 0) is 42.4 Å². The second kappa shape index (κ2) is 2.99. The first-order chi connectivity index (χ1) is 7.26. The van der Waals surface area contributed by atoms with Crippen molar-refractivity contribution in [2.45, 2.75) is 24.9 Å². The van der Waals surface area contributed by atoms with Crippen molar-refractivity contribution in [2.75, 3.05) is 7.11 Å². The second-order valence-corrected chi connectivity index (χ2v) is 4.70. The van der Waals surface area contributed by atoms with E-state index < -0.39 is 5.60 Å². The van der Waals surface area contributed by atoms with Gasteiger partial charge in [0.05, 0.1) is 12.7 Å². The van der Waals surface area contributed by atoms with Crippen LogP contribution < -0.4 is 4.74 Å². The molecule has 2 saturated carbocycles. The van der Waals surface area contributed by atoms with Gasteiger partial charge >= 0.3 is 0 Å². The van der Waals surface area contributed by atoms with E-state index in [0.717, 1.165) is 11.3 Å². The molecular formula is C13H16O2. The predicted octanol–water partition coefficient (Wildman–Crippen LogP) is 2.31. The lowest BCUT2D eigenvalue weighted by Crippen LogP contribution is -2.12. The molecule has 0 radical (unpaired) electrons. The summed E-state index contributed by atoms with van der Waals surface area (Å²) in [6.07, 6.45) is 3.64. The summed E-state index contributed by atoms with van der Waals surface area (Å²) in [6, 6.07) is 7.87. The minimum atomic E-state index is -0.535. The number of methoxy groups -OCH3 is 1. The zero-order chi connectivity index (χ0) is 10.5. The Bertz CT molecular complexity index is 376. The number of fused-ring (bicyclic) bond motifs is 1. The smallest absolute Gasteiger partial charge is 0.119 e. The minimum absolute atomic E-state index is 0.504. The maximum atomic E-state index is 10.5. The lowest BCUT2D eigenvalue weighted by Gasteiger charge is -2.15. The quantitative estimate of drug-likeness (QED) is 0.801. The molecule has 2 fully saturated rings. The zero-order valence-electron chi connectivity index (χ0n) is 8.94. The van der Waals surface area contributed by atoms with Crippen LogP contribution in [0.3, 0.4) is 0 Å². The maximum Gasteiger partial charge on any atom is 0.119 e. The van der Waals surface area contributed by atoms with Gasteiger partial charge < -0.3 is 9.84 Å². The molecule has 0 bridgehead atoms. The molecule has 0 spiro atoms. The predicted molar refractivity (Wildman–Crippen MR) is 57.7 cm³/mol. The molecule has 0 amide bonds. The van der Waals surface area contributed by atoms with E-state index >= 15 is 0 Å². The largest absolute Gasteiger partial charge is 0.497 e. The van der Waals surface area contributed by atoms with Crippen molar-refractivity contribution in [2.24, 2.45) is 11.8 Å². The topological polar surface area (TPSA) is 29.5 Å². The van der Waals surface area contributed by atoms with Gasteiger partial charge in [-0.3, -0.25) is 0 Å². The van der Waals surface area contributed by atoms with Crippen LogP contribution in [-0.4, -0.2) is 12.2 Å². The van der Waals surface area contributed by atoms with Crippen LogP contribution in [0.2, 0.25) is 0 Å². The van der Waals surface area contributed by atoms with Crippen molar-refractivity contribution < 1.29 is 9.84 Å². The molecule has 2 heteroatoms. The molecule has 2 nitrogen and oxygen atoms in total. The first-order valence-electron chi connectivity index (χ1n) is 5.63. The fraction of sp³-hybridized carbons (Fsp3) is 0.538. The summed E-state index contributed by atoms with van der Waals surface area (Å²) in [7, 11) is 1.66. The van der Waals surface area contributed by atoms with Crippen molar-refractivity contribution >= 4 is 0 Å². The second-order valence-electron chi connectivity index (χ2n) is 4.70. The lowest BCUT2D eigenvalue weighted by atomic mass is 9.99. The van der Waals surface area contributed by atoms with Gasteiger partial charge in [-0.15, -0.1) is 0 Å². The highest BCUT2D eigenvalue weighted by molar-refractivity contribution is 5.38. The average molecular weight is 204 g/mol. The van der Waals surface area contributed by atoms with Gasteiger partial charge in [0, 0.05) is 0 Å². The molecule has 2 atom stereocenters. The molecule has 1 N–H and O–H groups in total. The molecule has 2 unspecified atom stereocenters. The minimum Gasteiger partial charge on any atom is -0.497 e. The van der Waals surface area contributed by atoms with E-state index in [1.807, 2.05) is 24.3 Å². The number of ether oxygens (including phenoxy) is 1. The molecule has 80 valence electrons. The van der Waals surface area contributed by atoms with Crippen molar-refractivity contribution in [1.82, 2.24) is 0 Å². The van der Waals surface area contributed by atoms with E-state index in [2.05, 4.69) is 0 Å². The highest BCUT2D eigenvalue weighted by Gasteiger charge is 2.66. The number of rotatable bonds is 2. The molecule has 0 aromatic heterocycles. The van der Waals surface area contributed by atoms with Crippen LogP contribution in [0.5, 0.6) is 5.75 Å². The van der Waals surface area contributed by atoms with E-state index in [1.165, 1.54) is 19.3 Å². The standard InChI is InChI=1S/C13H16O2/c1-15-10-5-2-4-9(8-10)13(14)11-6-3-7-12(11)13/h2,4-5,8,11-12,14H,3,6-7H2,1H3. The Kier molecular flexibility index (Phi) is 1.84. The highest BCUT2D eigenvalue weighted by Crippen LogP contribution is 2.66. The van der Waals surface area contributed by atoms with Crippen LogP contribution in [0.1, 0.15) is 24.8 Å². The van der Waals surface area contributed by atoms with E-state index in [1.54, 1.807) is 7.11 Å². The van der Waals surface area contributed by atoms with E-state index in [0.29, 0.717) is 11.8 Å². The fourth-order valence-electron chi connectivity index (χ4n) is 3.22. The summed E-state index contributed by atoms with van der Waals surface area (Å²) in [5.41, 5.74) is 0.504. The Morgan fingerprint density at radius 3 is 2.73 bits per heavy atom. The fourth-order valence-corrected chi connectivity index (χ4v) is 3.22. The Labute approximate surface area is 89.9 Å². The van der Waals surface area contributed by atoms with Crippen LogP contribution in [0, 0.1) is 11.8 Å². The highest BCUT2D eigenvalue weighted by atomic mass is 16.5. The molecule has 2 aliphatic rings. The van der Waals surface area contributed by atoms with Gasteiger partial charge in [-0.25, -0.2) is 0 Å². The van der Waals surface area contributed by atoms with Gasteiger partial charge in [-0.2, -0.15) is 0 Å². The number of benzene rings is 1. The number of hydrogen-bond donors (Lipinski definition) is 1. The first kappa shape index (κ1) is 9.22. The maximum absolute atomic E-state index is 10.5. The van der Waals surface area contributed by atoms with Crippen molar-refractivity contribution in [1.29, 1.82) is 0 Å². The third-order valence-corrected chi connectivity index (χ3v) is 4.07. The molecule has 1 aromatic rings. The van der Waals surface area contributed by atoms with Gasteiger partial charge in [0.1, 0.15) is 5.75 Å². The van der Waals surface area contributed by atoms with E-state index in [4.69, 9.17) is 4.74 Å². The summed E-state index contributed by atoms with van der Waals surface area (Å²) >= 11 is 0. The van der Waals surface area contributed by atoms with Crippen LogP contribution in [0.4, 0.5) is 0 Å².